The van der Waals surface area contributed by atoms with Crippen molar-refractivity contribution >= 4 is 17.2 Å². The number of nitrogens with zero attached hydrogens (tertiary/aromatic N) is 2. The summed E-state index contributed by atoms with van der Waals surface area (Å²) in [6.45, 7) is 2.64. The molecule has 0 aliphatic heterocycles. The lowest BCUT2D eigenvalue weighted by atomic mass is 10.1. The molecule has 0 amide bonds. The van der Waals surface area contributed by atoms with Gasteiger partial charge in [-0.05, 0) is 25.7 Å². The van der Waals surface area contributed by atoms with Gasteiger partial charge in [0.05, 0.1) is 17.9 Å². The Morgan fingerprint density at radius 3 is 2.76 bits per heavy atom. The van der Waals surface area contributed by atoms with Crippen molar-refractivity contribution in [2.45, 2.75) is 32.6 Å². The Balaban J connectivity index is 2.11. The monoisotopic (exact) mass is 253 g/mol. The molecule has 1 aliphatic rings. The molecule has 0 atom stereocenters. The topological polar surface area (TPSA) is 53.1 Å². The molecule has 4 nitrogen and oxygen atoms in total. The highest BCUT2D eigenvalue weighted by Gasteiger charge is 2.20. The van der Waals surface area contributed by atoms with E-state index in [1.165, 1.54) is 25.7 Å². The quantitative estimate of drug-likeness (QED) is 0.833. The fraction of sp³-hybridized carbons (Fsp3) is 0.667. The van der Waals surface area contributed by atoms with E-state index in [2.05, 4.69) is 5.10 Å². The molecule has 17 heavy (non-hydrogen) atoms. The molecule has 0 unspecified atom stereocenters. The second-order valence-corrected chi connectivity index (χ2v) is 5.15. The molecule has 1 aliphatic carbocycles. The predicted molar refractivity (Wildman–Crippen MR) is 71.3 cm³/mol. The van der Waals surface area contributed by atoms with E-state index in [-0.39, 0.29) is 0 Å². The number of thiocarbonyl (C=S) groups is 1. The van der Waals surface area contributed by atoms with Crippen LogP contribution in [0, 0.1) is 12.8 Å². The van der Waals surface area contributed by atoms with Crippen LogP contribution in [0.3, 0.4) is 0 Å². The van der Waals surface area contributed by atoms with Gasteiger partial charge in [0.2, 0.25) is 5.88 Å². The molecule has 1 fully saturated rings. The van der Waals surface area contributed by atoms with E-state index >= 15 is 0 Å². The zero-order valence-corrected chi connectivity index (χ0v) is 11.2. The van der Waals surface area contributed by atoms with E-state index < -0.39 is 0 Å². The predicted octanol–water partition coefficient (Wildman–Crippen LogP) is 1.93. The molecule has 0 bridgehead atoms. The van der Waals surface area contributed by atoms with Gasteiger partial charge in [-0.1, -0.05) is 25.1 Å². The molecule has 1 aromatic rings. The van der Waals surface area contributed by atoms with Gasteiger partial charge < -0.3 is 10.5 Å². The molecule has 2 N–H and O–H groups in total. The van der Waals surface area contributed by atoms with Gasteiger partial charge in [0.1, 0.15) is 4.99 Å². The molecule has 0 aromatic carbocycles. The molecular formula is C12H19N3OS. The molecular weight excluding hydrogens is 234 g/mol. The number of ether oxygens (including phenoxy) is 1. The van der Waals surface area contributed by atoms with Crippen LogP contribution < -0.4 is 10.5 Å². The van der Waals surface area contributed by atoms with Crippen molar-refractivity contribution < 1.29 is 4.74 Å². The summed E-state index contributed by atoms with van der Waals surface area (Å²) in [5, 5.41) is 4.30. The molecule has 1 aromatic heterocycles. The van der Waals surface area contributed by atoms with Crippen molar-refractivity contribution in [2.24, 2.45) is 18.7 Å². The van der Waals surface area contributed by atoms with Crippen LogP contribution in [0.4, 0.5) is 0 Å². The summed E-state index contributed by atoms with van der Waals surface area (Å²) in [5.74, 6) is 1.38. The summed E-state index contributed by atoms with van der Waals surface area (Å²) in [4.78, 5) is 0.358. The number of hydrogen-bond acceptors (Lipinski definition) is 3. The molecule has 0 spiro atoms. The van der Waals surface area contributed by atoms with E-state index in [1.807, 2.05) is 14.0 Å². The Labute approximate surface area is 107 Å². The van der Waals surface area contributed by atoms with Crippen LogP contribution in [0.2, 0.25) is 0 Å². The second-order valence-electron chi connectivity index (χ2n) is 4.71. The third kappa shape index (κ3) is 2.60. The lowest BCUT2D eigenvalue weighted by Gasteiger charge is -2.12. The highest BCUT2D eigenvalue weighted by Crippen LogP contribution is 2.27. The van der Waals surface area contributed by atoms with Crippen LogP contribution in [-0.4, -0.2) is 21.4 Å². The highest BCUT2D eigenvalue weighted by atomic mass is 32.1. The standard InChI is InChI=1S/C12H19N3OS/c1-8-10(11(13)17)12(15(2)14-8)16-7-9-5-3-4-6-9/h9H,3-7H2,1-2H3,(H2,13,17). The number of rotatable bonds is 4. The zero-order chi connectivity index (χ0) is 12.4. The van der Waals surface area contributed by atoms with E-state index in [9.17, 15) is 0 Å². The average Bonchev–Trinajstić information content (AvgIpc) is 2.83. The van der Waals surface area contributed by atoms with E-state index in [0.29, 0.717) is 16.8 Å². The third-order valence-corrected chi connectivity index (χ3v) is 3.55. The minimum Gasteiger partial charge on any atom is -0.477 e. The normalized spacial score (nSPS) is 16.4. The Morgan fingerprint density at radius 1 is 1.53 bits per heavy atom. The SMILES string of the molecule is Cc1nn(C)c(OCC2CCCC2)c1C(N)=S. The summed E-state index contributed by atoms with van der Waals surface area (Å²) in [6.07, 6.45) is 5.17. The maximum atomic E-state index is 5.87. The van der Waals surface area contributed by atoms with Gasteiger partial charge in [0, 0.05) is 7.05 Å². The van der Waals surface area contributed by atoms with Crippen molar-refractivity contribution in [3.8, 4) is 5.88 Å². The minimum absolute atomic E-state index is 0.358. The first-order valence-electron chi connectivity index (χ1n) is 6.05. The number of hydrogen-bond donors (Lipinski definition) is 1. The Bertz CT molecular complexity index is 422. The van der Waals surface area contributed by atoms with Crippen LogP contribution in [0.1, 0.15) is 36.9 Å². The van der Waals surface area contributed by atoms with Crippen LogP contribution in [0.5, 0.6) is 5.88 Å². The van der Waals surface area contributed by atoms with Gasteiger partial charge in [-0.3, -0.25) is 0 Å². The van der Waals surface area contributed by atoms with Crippen molar-refractivity contribution in [3.63, 3.8) is 0 Å². The fourth-order valence-corrected chi connectivity index (χ4v) is 2.70. The first-order chi connectivity index (χ1) is 8.09. The fourth-order valence-electron chi connectivity index (χ4n) is 2.46. The first-order valence-corrected chi connectivity index (χ1v) is 6.46. The van der Waals surface area contributed by atoms with Crippen LogP contribution in [0.15, 0.2) is 0 Å². The summed E-state index contributed by atoms with van der Waals surface area (Å²) in [5.41, 5.74) is 7.32. The Morgan fingerprint density at radius 2 is 2.18 bits per heavy atom. The molecule has 94 valence electrons. The van der Waals surface area contributed by atoms with Gasteiger partial charge in [-0.2, -0.15) is 5.10 Å². The molecule has 2 rings (SSSR count). The lowest BCUT2D eigenvalue weighted by molar-refractivity contribution is 0.233. The number of aryl methyl sites for hydroxylation is 2. The van der Waals surface area contributed by atoms with Crippen molar-refractivity contribution in [1.82, 2.24) is 9.78 Å². The summed E-state index contributed by atoms with van der Waals surface area (Å²) in [7, 11) is 1.86. The van der Waals surface area contributed by atoms with Gasteiger partial charge in [0.25, 0.3) is 0 Å². The summed E-state index contributed by atoms with van der Waals surface area (Å²) in [6, 6.07) is 0. The maximum Gasteiger partial charge on any atom is 0.222 e. The van der Waals surface area contributed by atoms with E-state index in [1.54, 1.807) is 4.68 Å². The van der Waals surface area contributed by atoms with Crippen LogP contribution in [-0.2, 0) is 7.05 Å². The number of aromatic nitrogens is 2. The maximum absolute atomic E-state index is 5.87. The zero-order valence-electron chi connectivity index (χ0n) is 10.4. The van der Waals surface area contributed by atoms with Gasteiger partial charge in [-0.15, -0.1) is 0 Å². The van der Waals surface area contributed by atoms with Gasteiger partial charge in [0.15, 0.2) is 0 Å². The van der Waals surface area contributed by atoms with E-state index in [0.717, 1.165) is 17.9 Å². The molecule has 1 saturated carbocycles. The van der Waals surface area contributed by atoms with Crippen molar-refractivity contribution in [3.05, 3.63) is 11.3 Å². The summed E-state index contributed by atoms with van der Waals surface area (Å²) < 4.78 is 7.59. The van der Waals surface area contributed by atoms with Crippen LogP contribution >= 0.6 is 12.2 Å². The van der Waals surface area contributed by atoms with Crippen molar-refractivity contribution in [2.75, 3.05) is 6.61 Å². The molecule has 5 heteroatoms. The second kappa shape index (κ2) is 5.04. The summed E-state index contributed by atoms with van der Waals surface area (Å²) >= 11 is 5.04. The largest absolute Gasteiger partial charge is 0.477 e. The molecule has 0 saturated heterocycles. The minimum atomic E-state index is 0.358. The molecule has 0 radical (unpaired) electrons. The van der Waals surface area contributed by atoms with Gasteiger partial charge >= 0.3 is 0 Å². The van der Waals surface area contributed by atoms with Gasteiger partial charge in [-0.25, -0.2) is 4.68 Å². The van der Waals surface area contributed by atoms with Crippen molar-refractivity contribution in [1.29, 1.82) is 0 Å². The average molecular weight is 253 g/mol. The third-order valence-electron chi connectivity index (χ3n) is 3.35. The molecule has 1 heterocycles. The Kier molecular flexibility index (Phi) is 3.66. The lowest BCUT2D eigenvalue weighted by Crippen LogP contribution is -2.15. The van der Waals surface area contributed by atoms with E-state index in [4.69, 9.17) is 22.7 Å². The Hall–Kier alpha value is -1.10. The highest BCUT2D eigenvalue weighted by molar-refractivity contribution is 7.80. The smallest absolute Gasteiger partial charge is 0.222 e. The van der Waals surface area contributed by atoms with Crippen LogP contribution in [0.25, 0.3) is 0 Å². The first kappa shape index (κ1) is 12.4. The number of nitrogens with two attached hydrogens (primary N) is 1.